The summed E-state index contributed by atoms with van der Waals surface area (Å²) in [7, 11) is 3.96. The van der Waals surface area contributed by atoms with Gasteiger partial charge < -0.3 is 10.2 Å². The van der Waals surface area contributed by atoms with Crippen LogP contribution in [0.15, 0.2) is 0 Å². The summed E-state index contributed by atoms with van der Waals surface area (Å²) in [5, 5.41) is 4.15. The second-order valence-electron chi connectivity index (χ2n) is 5.13. The van der Waals surface area contributed by atoms with E-state index in [2.05, 4.69) is 19.2 Å². The molecule has 0 heterocycles. The molecule has 17 heavy (non-hydrogen) atoms. The summed E-state index contributed by atoms with van der Waals surface area (Å²) in [6.07, 6.45) is 9.70. The smallest absolute Gasteiger partial charge is 0.168 e. The van der Waals surface area contributed by atoms with Crippen LogP contribution in [0.2, 0.25) is 0 Å². The van der Waals surface area contributed by atoms with E-state index >= 15 is 0 Å². The average molecular weight is 258 g/mol. The van der Waals surface area contributed by atoms with Crippen molar-refractivity contribution in [1.82, 2.24) is 10.2 Å². The molecule has 0 bridgehead atoms. The lowest BCUT2D eigenvalue weighted by Gasteiger charge is -2.22. The predicted octanol–water partition coefficient (Wildman–Crippen LogP) is 3.81. The molecule has 1 rings (SSSR count). The van der Waals surface area contributed by atoms with E-state index in [4.69, 9.17) is 12.2 Å². The van der Waals surface area contributed by atoms with E-state index in [9.17, 15) is 0 Å². The van der Waals surface area contributed by atoms with Crippen LogP contribution in [-0.4, -0.2) is 30.7 Å². The van der Waals surface area contributed by atoms with Crippen molar-refractivity contribution < 1.29 is 0 Å². The molecule has 1 aliphatic carbocycles. The first-order chi connectivity index (χ1) is 8.11. The number of rotatable bonds is 3. The number of nitrogens with zero attached hydrogens (tertiary/aromatic N) is 1. The van der Waals surface area contributed by atoms with Crippen LogP contribution >= 0.6 is 12.2 Å². The molecule has 3 heteroatoms. The molecule has 0 atom stereocenters. The van der Waals surface area contributed by atoms with E-state index < -0.39 is 0 Å². The third-order valence-corrected chi connectivity index (χ3v) is 3.47. The first kappa shape index (κ1) is 16.7. The van der Waals surface area contributed by atoms with Crippen molar-refractivity contribution in [3.8, 4) is 0 Å². The molecule has 0 amide bonds. The molecule has 2 nitrogen and oxygen atoms in total. The third-order valence-electron chi connectivity index (χ3n) is 2.96. The highest BCUT2D eigenvalue weighted by Crippen LogP contribution is 2.25. The van der Waals surface area contributed by atoms with Gasteiger partial charge in [-0.3, -0.25) is 0 Å². The maximum atomic E-state index is 5.16. The van der Waals surface area contributed by atoms with E-state index in [1.165, 1.54) is 44.9 Å². The van der Waals surface area contributed by atoms with Gasteiger partial charge in [-0.05, 0) is 24.6 Å². The van der Waals surface area contributed by atoms with Crippen LogP contribution in [0.3, 0.4) is 0 Å². The van der Waals surface area contributed by atoms with E-state index in [1.54, 1.807) is 0 Å². The van der Waals surface area contributed by atoms with Crippen LogP contribution in [0, 0.1) is 5.92 Å². The topological polar surface area (TPSA) is 15.3 Å². The van der Waals surface area contributed by atoms with Crippen molar-refractivity contribution in [3.63, 3.8) is 0 Å². The fourth-order valence-corrected chi connectivity index (χ4v) is 2.12. The molecule has 0 spiro atoms. The number of hydrogen-bond donors (Lipinski definition) is 1. The minimum atomic E-state index is 0.862. The minimum Gasteiger partial charge on any atom is -0.363 e. The highest BCUT2D eigenvalue weighted by atomic mass is 32.1. The van der Waals surface area contributed by atoms with Gasteiger partial charge in [0.05, 0.1) is 0 Å². The van der Waals surface area contributed by atoms with E-state index in [-0.39, 0.29) is 0 Å². The molecule has 0 aliphatic heterocycles. The predicted molar refractivity (Wildman–Crippen MR) is 81.4 cm³/mol. The highest BCUT2D eigenvalue weighted by Gasteiger charge is 2.12. The Labute approximate surface area is 113 Å². The van der Waals surface area contributed by atoms with Crippen molar-refractivity contribution in [2.75, 3.05) is 20.6 Å². The van der Waals surface area contributed by atoms with Gasteiger partial charge in [-0.2, -0.15) is 0 Å². The molecular formula is C14H30N2S. The molecule has 1 N–H and O–H groups in total. The number of hydrogen-bond acceptors (Lipinski definition) is 1. The second-order valence-corrected chi connectivity index (χ2v) is 5.51. The normalized spacial score (nSPS) is 15.8. The summed E-state index contributed by atoms with van der Waals surface area (Å²) in [5.41, 5.74) is 0. The Morgan fingerprint density at radius 1 is 1.18 bits per heavy atom. The fraction of sp³-hybridized carbons (Fsp3) is 0.929. The molecule has 0 aromatic heterocycles. The van der Waals surface area contributed by atoms with Gasteiger partial charge in [-0.25, -0.2) is 0 Å². The molecule has 0 aromatic rings. The molecule has 102 valence electrons. The second kappa shape index (κ2) is 10.8. The van der Waals surface area contributed by atoms with Crippen LogP contribution in [0.1, 0.15) is 58.8 Å². The SMILES string of the molecule is CCC.CN(C)C(=S)NCCC1CCCCC1. The van der Waals surface area contributed by atoms with Crippen LogP contribution < -0.4 is 5.32 Å². The molecule has 0 unspecified atom stereocenters. The maximum Gasteiger partial charge on any atom is 0.168 e. The Bertz CT molecular complexity index is 187. The van der Waals surface area contributed by atoms with Crippen LogP contribution in [0.5, 0.6) is 0 Å². The van der Waals surface area contributed by atoms with Crippen molar-refractivity contribution >= 4 is 17.3 Å². The largest absolute Gasteiger partial charge is 0.363 e. The zero-order valence-corrected chi connectivity index (χ0v) is 12.9. The van der Waals surface area contributed by atoms with Crippen molar-refractivity contribution in [3.05, 3.63) is 0 Å². The van der Waals surface area contributed by atoms with Gasteiger partial charge in [0.15, 0.2) is 5.11 Å². The number of thiocarbonyl (C=S) groups is 1. The summed E-state index contributed by atoms with van der Waals surface area (Å²) < 4.78 is 0. The van der Waals surface area contributed by atoms with Crippen molar-refractivity contribution in [2.24, 2.45) is 5.92 Å². The lowest BCUT2D eigenvalue weighted by atomic mass is 9.87. The Morgan fingerprint density at radius 2 is 1.71 bits per heavy atom. The van der Waals surface area contributed by atoms with Gasteiger partial charge in [-0.1, -0.05) is 52.4 Å². The lowest BCUT2D eigenvalue weighted by molar-refractivity contribution is 0.338. The molecule has 1 saturated carbocycles. The average Bonchev–Trinajstić information content (AvgIpc) is 2.31. The zero-order valence-electron chi connectivity index (χ0n) is 12.1. The van der Waals surface area contributed by atoms with E-state index in [0.29, 0.717) is 0 Å². The Morgan fingerprint density at radius 3 is 2.18 bits per heavy atom. The van der Waals surface area contributed by atoms with Gasteiger partial charge in [0.25, 0.3) is 0 Å². The summed E-state index contributed by atoms with van der Waals surface area (Å²) in [5.74, 6) is 0.946. The summed E-state index contributed by atoms with van der Waals surface area (Å²) in [6, 6.07) is 0. The van der Waals surface area contributed by atoms with Gasteiger partial charge in [0.1, 0.15) is 0 Å². The summed E-state index contributed by atoms with van der Waals surface area (Å²) >= 11 is 5.16. The third kappa shape index (κ3) is 9.40. The van der Waals surface area contributed by atoms with E-state index in [1.807, 2.05) is 19.0 Å². The van der Waals surface area contributed by atoms with Crippen molar-refractivity contribution in [2.45, 2.75) is 58.8 Å². The van der Waals surface area contributed by atoms with Gasteiger partial charge >= 0.3 is 0 Å². The molecule has 0 aromatic carbocycles. The Hall–Kier alpha value is -0.310. The van der Waals surface area contributed by atoms with Gasteiger partial charge in [0.2, 0.25) is 0 Å². The minimum absolute atomic E-state index is 0.862. The highest BCUT2D eigenvalue weighted by molar-refractivity contribution is 7.80. The van der Waals surface area contributed by atoms with Crippen molar-refractivity contribution in [1.29, 1.82) is 0 Å². The standard InChI is InChI=1S/C11H22N2S.C3H8/c1-13(2)11(14)12-9-8-10-6-4-3-5-7-10;1-3-2/h10H,3-9H2,1-2H3,(H,12,14);3H2,1-2H3. The zero-order chi connectivity index (χ0) is 13.1. The lowest BCUT2D eigenvalue weighted by Crippen LogP contribution is -2.35. The van der Waals surface area contributed by atoms with Gasteiger partial charge in [-0.15, -0.1) is 0 Å². The van der Waals surface area contributed by atoms with E-state index in [0.717, 1.165) is 17.6 Å². The summed E-state index contributed by atoms with van der Waals surface area (Å²) in [6.45, 7) is 5.29. The molecular weight excluding hydrogens is 228 g/mol. The monoisotopic (exact) mass is 258 g/mol. The first-order valence-corrected chi connectivity index (χ1v) is 7.47. The van der Waals surface area contributed by atoms with Crippen LogP contribution in [0.25, 0.3) is 0 Å². The molecule has 0 saturated heterocycles. The Kier molecular flexibility index (Phi) is 10.6. The van der Waals surface area contributed by atoms with Crippen LogP contribution in [-0.2, 0) is 0 Å². The van der Waals surface area contributed by atoms with Crippen LogP contribution in [0.4, 0.5) is 0 Å². The first-order valence-electron chi connectivity index (χ1n) is 7.06. The molecule has 1 aliphatic rings. The number of nitrogens with one attached hydrogen (secondary N) is 1. The van der Waals surface area contributed by atoms with Gasteiger partial charge in [0, 0.05) is 20.6 Å². The quantitative estimate of drug-likeness (QED) is 0.775. The summed E-state index contributed by atoms with van der Waals surface area (Å²) in [4.78, 5) is 1.95. The maximum absolute atomic E-state index is 5.16. The Balaban J connectivity index is 0.000000770. The molecule has 1 fully saturated rings. The molecule has 0 radical (unpaired) electrons. The fourth-order valence-electron chi connectivity index (χ4n) is 2.02.